The highest BCUT2D eigenvalue weighted by molar-refractivity contribution is 6.07. The van der Waals surface area contributed by atoms with E-state index in [1.807, 2.05) is 0 Å². The Bertz CT molecular complexity index is 1330. The van der Waals surface area contributed by atoms with E-state index in [-0.39, 0.29) is 31.8 Å². The average molecular weight is 662 g/mol. The molecule has 1 rings (SSSR count). The predicted octanol–water partition coefficient (Wildman–Crippen LogP) is -1.96. The number of amides is 6. The third-order valence-corrected chi connectivity index (χ3v) is 6.95. The molecule has 0 radical (unpaired) electrons. The molecule has 0 bridgehead atoms. The third kappa shape index (κ3) is 12.3. The van der Waals surface area contributed by atoms with E-state index in [1.54, 1.807) is 44.2 Å². The molecule has 4 atom stereocenters. The molecule has 47 heavy (non-hydrogen) atoms. The van der Waals surface area contributed by atoms with Gasteiger partial charge >= 0.3 is 5.97 Å². The second-order valence-electron chi connectivity index (χ2n) is 11.7. The normalized spacial score (nSPS) is 14.1. The van der Waals surface area contributed by atoms with Crippen LogP contribution in [0.25, 0.3) is 0 Å². The Morgan fingerprint density at radius 2 is 1.49 bits per heavy atom. The van der Waals surface area contributed by atoms with Gasteiger partial charge in [-0.05, 0) is 24.3 Å². The summed E-state index contributed by atoms with van der Waals surface area (Å²) >= 11 is 0. The van der Waals surface area contributed by atoms with Crippen LogP contribution in [0.15, 0.2) is 35.3 Å². The van der Waals surface area contributed by atoms with Gasteiger partial charge in [0.05, 0.1) is 6.42 Å². The Hall–Kier alpha value is -5.06. The Morgan fingerprint density at radius 3 is 1.96 bits per heavy atom. The van der Waals surface area contributed by atoms with Crippen LogP contribution in [-0.4, -0.2) is 87.7 Å². The Morgan fingerprint density at radius 1 is 0.894 bits per heavy atom. The summed E-state index contributed by atoms with van der Waals surface area (Å²) in [5.74, 6) is -9.39. The molecule has 0 aromatic heterocycles. The number of carboxylic acid groups (broad SMARTS) is 1. The fraction of sp³-hybridized carbons (Fsp3) is 0.533. The van der Waals surface area contributed by atoms with Crippen molar-refractivity contribution in [1.29, 1.82) is 0 Å². The molecular weight excluding hydrogens is 614 g/mol. The van der Waals surface area contributed by atoms with Crippen LogP contribution < -0.4 is 38.9 Å². The Kier molecular flexibility index (Phi) is 15.5. The highest BCUT2D eigenvalue weighted by Crippen LogP contribution is 2.22. The third-order valence-electron chi connectivity index (χ3n) is 6.95. The number of rotatable bonds is 18. The number of aliphatic imine (C=N–C) groups is 1. The van der Waals surface area contributed by atoms with Gasteiger partial charge in [0.2, 0.25) is 23.6 Å². The number of aliphatic carboxylic acids is 1. The number of nitrogens with two attached hydrogens (primary N) is 4. The van der Waals surface area contributed by atoms with Crippen molar-refractivity contribution in [3.8, 4) is 0 Å². The molecule has 0 fully saturated rings. The van der Waals surface area contributed by atoms with Crippen LogP contribution in [0.5, 0.6) is 0 Å². The maximum Gasteiger partial charge on any atom is 0.307 e. The van der Waals surface area contributed by atoms with E-state index in [2.05, 4.69) is 20.9 Å². The standard InChI is InChI=1S/C30H47N9O8/c1-16(2)23(25(44)37-21(24(31)43)14-19-10-7-6-8-11-19)38-28(47)30(34,15-22(41)42)39(26(45)17(3)4)27(46)20(36-18(5)40)12-9-13-35-29(32)33/h6-8,10-11,16-17,20-21,23H,9,12-15,34H2,1-5H3,(H2,31,43)(H,36,40)(H,37,44)(H,38,47)(H,41,42)(H4,32,33,35)/t20-,21-,23-,30-/m0/s1. The van der Waals surface area contributed by atoms with Crippen LogP contribution in [0.1, 0.15) is 59.4 Å². The minimum Gasteiger partial charge on any atom is -0.481 e. The van der Waals surface area contributed by atoms with E-state index in [9.17, 15) is 38.7 Å². The quantitative estimate of drug-likeness (QED) is 0.0370. The molecule has 260 valence electrons. The van der Waals surface area contributed by atoms with Gasteiger partial charge < -0.3 is 38.3 Å². The zero-order valence-electron chi connectivity index (χ0n) is 27.3. The summed E-state index contributed by atoms with van der Waals surface area (Å²) in [7, 11) is 0. The van der Waals surface area contributed by atoms with Crippen LogP contribution in [-0.2, 0) is 40.0 Å². The molecule has 17 nitrogen and oxygen atoms in total. The van der Waals surface area contributed by atoms with E-state index in [1.165, 1.54) is 13.8 Å². The number of carbonyl (C=O) groups excluding carboxylic acids is 6. The molecule has 0 saturated carbocycles. The van der Waals surface area contributed by atoms with E-state index in [0.29, 0.717) is 10.5 Å². The highest BCUT2D eigenvalue weighted by Gasteiger charge is 2.51. The molecule has 1 aromatic rings. The zero-order valence-corrected chi connectivity index (χ0v) is 27.3. The number of hydrogen-bond acceptors (Lipinski definition) is 9. The van der Waals surface area contributed by atoms with Crippen molar-refractivity contribution in [3.05, 3.63) is 35.9 Å². The monoisotopic (exact) mass is 661 g/mol. The molecular formula is C30H47N9O8. The largest absolute Gasteiger partial charge is 0.481 e. The number of primary amides is 1. The van der Waals surface area contributed by atoms with E-state index in [4.69, 9.17) is 22.9 Å². The van der Waals surface area contributed by atoms with Crippen LogP contribution in [0, 0.1) is 11.8 Å². The lowest BCUT2D eigenvalue weighted by atomic mass is 9.96. The van der Waals surface area contributed by atoms with Crippen molar-refractivity contribution in [2.45, 2.75) is 84.1 Å². The van der Waals surface area contributed by atoms with Crippen molar-refractivity contribution in [2.75, 3.05) is 6.54 Å². The van der Waals surface area contributed by atoms with Crippen LogP contribution in [0.2, 0.25) is 0 Å². The minimum atomic E-state index is -2.87. The first-order valence-corrected chi connectivity index (χ1v) is 15.0. The molecule has 17 heteroatoms. The SMILES string of the molecule is CC(=O)N[C@@H](CCCN=C(N)N)C(=O)N(C(=O)C(C)C)[C@@](N)(CC(=O)O)C(=O)N[C@H](C(=O)N[C@@H](Cc1ccccc1)C(N)=O)C(C)C. The van der Waals surface area contributed by atoms with Crippen LogP contribution in [0.3, 0.4) is 0 Å². The van der Waals surface area contributed by atoms with E-state index < -0.39 is 83.5 Å². The van der Waals surface area contributed by atoms with Gasteiger partial charge in [-0.15, -0.1) is 0 Å². The first-order valence-electron chi connectivity index (χ1n) is 15.0. The predicted molar refractivity (Wildman–Crippen MR) is 171 cm³/mol. The van der Waals surface area contributed by atoms with Crippen LogP contribution >= 0.6 is 0 Å². The van der Waals surface area contributed by atoms with Gasteiger partial charge in [0.15, 0.2) is 11.6 Å². The summed E-state index contributed by atoms with van der Waals surface area (Å²) in [5, 5.41) is 17.1. The van der Waals surface area contributed by atoms with Crippen molar-refractivity contribution in [3.63, 3.8) is 0 Å². The second-order valence-corrected chi connectivity index (χ2v) is 11.7. The maximum absolute atomic E-state index is 14.0. The number of guanidine groups is 1. The smallest absolute Gasteiger partial charge is 0.307 e. The van der Waals surface area contributed by atoms with Crippen molar-refractivity contribution < 1.29 is 38.7 Å². The number of carboxylic acids is 1. The molecule has 12 N–H and O–H groups in total. The number of nitrogens with one attached hydrogen (secondary N) is 3. The fourth-order valence-corrected chi connectivity index (χ4v) is 4.55. The lowest BCUT2D eigenvalue weighted by Crippen LogP contribution is -2.73. The molecule has 0 unspecified atom stereocenters. The Labute approximate surface area is 273 Å². The van der Waals surface area contributed by atoms with Crippen molar-refractivity contribution in [1.82, 2.24) is 20.9 Å². The molecule has 0 aliphatic carbocycles. The average Bonchev–Trinajstić information content (AvgIpc) is 2.96. The molecule has 1 aromatic carbocycles. The lowest BCUT2D eigenvalue weighted by molar-refractivity contribution is -0.165. The molecule has 6 amide bonds. The lowest BCUT2D eigenvalue weighted by Gasteiger charge is -2.40. The van der Waals surface area contributed by atoms with Gasteiger partial charge in [0.25, 0.3) is 11.8 Å². The number of imide groups is 1. The summed E-state index contributed by atoms with van der Waals surface area (Å²) in [6.07, 6.45) is -1.19. The summed E-state index contributed by atoms with van der Waals surface area (Å²) in [6.45, 7) is 7.08. The minimum absolute atomic E-state index is 0.0411. The maximum atomic E-state index is 14.0. The van der Waals surface area contributed by atoms with E-state index in [0.717, 1.165) is 6.92 Å². The number of carbonyl (C=O) groups is 7. The van der Waals surface area contributed by atoms with Crippen molar-refractivity contribution >= 4 is 47.4 Å². The number of benzene rings is 1. The summed E-state index contributed by atoms with van der Waals surface area (Å²) < 4.78 is 0. The highest BCUT2D eigenvalue weighted by atomic mass is 16.4. The summed E-state index contributed by atoms with van der Waals surface area (Å²) in [5.41, 5.74) is 20.4. The molecule has 0 heterocycles. The van der Waals surface area contributed by atoms with Gasteiger partial charge in [0.1, 0.15) is 18.1 Å². The second kappa shape index (κ2) is 18.2. The molecule has 0 aliphatic rings. The first kappa shape index (κ1) is 40.0. The van der Waals surface area contributed by atoms with E-state index >= 15 is 0 Å². The van der Waals surface area contributed by atoms with Gasteiger partial charge in [0, 0.05) is 25.8 Å². The first-order chi connectivity index (χ1) is 21.8. The fourth-order valence-electron chi connectivity index (χ4n) is 4.55. The summed E-state index contributed by atoms with van der Waals surface area (Å²) in [6, 6.07) is 4.66. The van der Waals surface area contributed by atoms with Crippen LogP contribution in [0.4, 0.5) is 0 Å². The van der Waals surface area contributed by atoms with Gasteiger partial charge in [-0.25, -0.2) is 0 Å². The molecule has 0 spiro atoms. The topological polar surface area (TPSA) is 295 Å². The zero-order chi connectivity index (χ0) is 36.1. The number of hydrogen-bond donors (Lipinski definition) is 8. The number of nitrogens with zero attached hydrogens (tertiary/aromatic N) is 2. The van der Waals surface area contributed by atoms with Gasteiger partial charge in [-0.3, -0.25) is 49.2 Å². The Balaban J connectivity index is 3.55. The summed E-state index contributed by atoms with van der Waals surface area (Å²) in [4.78, 5) is 95.3. The molecule has 0 saturated heterocycles. The van der Waals surface area contributed by atoms with Gasteiger partial charge in [-0.1, -0.05) is 58.0 Å². The van der Waals surface area contributed by atoms with Crippen molar-refractivity contribution in [2.24, 2.45) is 39.8 Å². The molecule has 0 aliphatic heterocycles. The van der Waals surface area contributed by atoms with Gasteiger partial charge in [-0.2, -0.15) is 0 Å².